The molecule has 0 aliphatic rings. The molecule has 2 nitrogen and oxygen atoms in total. The number of hydrogen-bond donors (Lipinski definition) is 0. The van der Waals surface area contributed by atoms with Crippen LogP contribution in [0, 0.1) is 0 Å². The van der Waals surface area contributed by atoms with Gasteiger partial charge in [-0.3, -0.25) is 0 Å². The van der Waals surface area contributed by atoms with Gasteiger partial charge in [0, 0.05) is 18.4 Å². The molecule has 0 fully saturated rings. The molecule has 0 spiro atoms. The summed E-state index contributed by atoms with van der Waals surface area (Å²) in [6.45, 7) is 4.25. The summed E-state index contributed by atoms with van der Waals surface area (Å²) in [4.78, 5) is 3.91. The molecule has 0 aliphatic carbocycles. The second-order valence-corrected chi connectivity index (χ2v) is 2.10. The van der Waals surface area contributed by atoms with Gasteiger partial charge in [0.1, 0.15) is 0 Å². The Morgan fingerprint density at radius 3 is 2.10 bits per heavy atom. The predicted molar refractivity (Wildman–Crippen MR) is 46.1 cm³/mol. The zero-order chi connectivity index (χ0) is 5.98. The van der Waals surface area contributed by atoms with Gasteiger partial charge in [-0.15, -0.1) is 0 Å². The Morgan fingerprint density at radius 2 is 1.90 bits per heavy atom. The van der Waals surface area contributed by atoms with E-state index in [1.54, 1.807) is 6.20 Å². The minimum absolute atomic E-state index is 0. The van der Waals surface area contributed by atoms with Gasteiger partial charge in [0.05, 0.1) is 6.33 Å². The summed E-state index contributed by atoms with van der Waals surface area (Å²) in [5, 5.41) is 0. The van der Waals surface area contributed by atoms with E-state index in [1.807, 2.05) is 12.5 Å². The third-order valence-corrected chi connectivity index (χ3v) is 1.12. The zero-order valence-electron chi connectivity index (χ0n) is 5.20. The topological polar surface area (TPSA) is 17.8 Å². The average Bonchev–Trinajstić information content (AvgIpc) is 2.12. The normalized spacial score (nSPS) is 8.30. The van der Waals surface area contributed by atoms with Gasteiger partial charge in [-0.1, -0.05) is 14.9 Å². The third kappa shape index (κ3) is 2.67. The second kappa shape index (κ2) is 5.03. The van der Waals surface area contributed by atoms with Crippen molar-refractivity contribution in [2.45, 2.75) is 34.7 Å². The van der Waals surface area contributed by atoms with Gasteiger partial charge in [0.2, 0.25) is 0 Å². The standard InChI is InChI=1S/C6H10N2.2CH4/c1-6(2)8-4-3-7-5-8;;/h3-6H,1-2H3;2*1H4. The van der Waals surface area contributed by atoms with Crippen molar-refractivity contribution in [3.8, 4) is 0 Å². The van der Waals surface area contributed by atoms with Crippen LogP contribution in [-0.2, 0) is 0 Å². The highest BCUT2D eigenvalue weighted by molar-refractivity contribution is 4.76. The first-order valence-corrected chi connectivity index (χ1v) is 2.78. The van der Waals surface area contributed by atoms with E-state index in [2.05, 4.69) is 23.4 Å². The third-order valence-electron chi connectivity index (χ3n) is 1.12. The van der Waals surface area contributed by atoms with Gasteiger partial charge in [-0.05, 0) is 13.8 Å². The number of rotatable bonds is 1. The summed E-state index contributed by atoms with van der Waals surface area (Å²) < 4.78 is 2.06. The van der Waals surface area contributed by atoms with Gasteiger partial charge in [0.25, 0.3) is 0 Å². The van der Waals surface area contributed by atoms with Crippen molar-refractivity contribution in [3.05, 3.63) is 18.7 Å². The van der Waals surface area contributed by atoms with Crippen molar-refractivity contribution in [3.63, 3.8) is 0 Å². The molecule has 1 aromatic heterocycles. The Balaban J connectivity index is 0. The fraction of sp³-hybridized carbons (Fsp3) is 0.625. The fourth-order valence-electron chi connectivity index (χ4n) is 0.575. The van der Waals surface area contributed by atoms with Crippen LogP contribution < -0.4 is 0 Å². The van der Waals surface area contributed by atoms with E-state index in [0.29, 0.717) is 6.04 Å². The molecule has 0 bridgehead atoms. The summed E-state index contributed by atoms with van der Waals surface area (Å²) in [5.74, 6) is 0. The van der Waals surface area contributed by atoms with Crippen molar-refractivity contribution in [1.29, 1.82) is 0 Å². The van der Waals surface area contributed by atoms with E-state index in [0.717, 1.165) is 0 Å². The Hall–Kier alpha value is -0.790. The Labute approximate surface area is 63.9 Å². The van der Waals surface area contributed by atoms with Gasteiger partial charge in [-0.25, -0.2) is 4.98 Å². The SMILES string of the molecule is C.C.CC(C)n1ccnc1. The second-order valence-electron chi connectivity index (χ2n) is 2.10. The van der Waals surface area contributed by atoms with Crippen molar-refractivity contribution >= 4 is 0 Å². The van der Waals surface area contributed by atoms with Crippen LogP contribution >= 0.6 is 0 Å². The molecule has 1 heterocycles. The first kappa shape index (κ1) is 11.9. The number of hydrogen-bond acceptors (Lipinski definition) is 1. The largest absolute Gasteiger partial charge is 0.335 e. The maximum Gasteiger partial charge on any atom is 0.0948 e. The van der Waals surface area contributed by atoms with E-state index in [-0.39, 0.29) is 14.9 Å². The lowest BCUT2D eigenvalue weighted by atomic mass is 10.4. The first-order valence-electron chi connectivity index (χ1n) is 2.78. The molecule has 0 radical (unpaired) electrons. The van der Waals surface area contributed by atoms with Crippen molar-refractivity contribution in [1.82, 2.24) is 9.55 Å². The van der Waals surface area contributed by atoms with Gasteiger partial charge < -0.3 is 4.57 Å². The minimum Gasteiger partial charge on any atom is -0.335 e. The van der Waals surface area contributed by atoms with Crippen molar-refractivity contribution in [2.75, 3.05) is 0 Å². The maximum atomic E-state index is 3.91. The predicted octanol–water partition coefficient (Wildman–Crippen LogP) is 2.74. The van der Waals surface area contributed by atoms with Crippen LogP contribution in [0.5, 0.6) is 0 Å². The molecule has 0 amide bonds. The molecular weight excluding hydrogens is 124 g/mol. The zero-order valence-corrected chi connectivity index (χ0v) is 5.20. The fourth-order valence-corrected chi connectivity index (χ4v) is 0.575. The quantitative estimate of drug-likeness (QED) is 0.589. The van der Waals surface area contributed by atoms with Gasteiger partial charge in [-0.2, -0.15) is 0 Å². The van der Waals surface area contributed by atoms with E-state index in [1.165, 1.54) is 0 Å². The summed E-state index contributed by atoms with van der Waals surface area (Å²) in [6.07, 6.45) is 5.58. The smallest absolute Gasteiger partial charge is 0.0948 e. The number of imidazole rings is 1. The lowest BCUT2D eigenvalue weighted by molar-refractivity contribution is 0.600. The average molecular weight is 142 g/mol. The van der Waals surface area contributed by atoms with Crippen molar-refractivity contribution < 1.29 is 0 Å². The number of aromatic nitrogens is 2. The molecule has 1 rings (SSSR count). The maximum absolute atomic E-state index is 3.91. The van der Waals surface area contributed by atoms with E-state index in [9.17, 15) is 0 Å². The van der Waals surface area contributed by atoms with Crippen LogP contribution in [0.3, 0.4) is 0 Å². The summed E-state index contributed by atoms with van der Waals surface area (Å²) in [5.41, 5.74) is 0. The van der Waals surface area contributed by atoms with Gasteiger partial charge >= 0.3 is 0 Å². The molecule has 0 aliphatic heterocycles. The summed E-state index contributed by atoms with van der Waals surface area (Å²) in [7, 11) is 0. The van der Waals surface area contributed by atoms with Gasteiger partial charge in [0.15, 0.2) is 0 Å². The van der Waals surface area contributed by atoms with E-state index in [4.69, 9.17) is 0 Å². The van der Waals surface area contributed by atoms with E-state index >= 15 is 0 Å². The van der Waals surface area contributed by atoms with Crippen LogP contribution in [0.2, 0.25) is 0 Å². The highest BCUT2D eigenvalue weighted by Gasteiger charge is 1.90. The van der Waals surface area contributed by atoms with Crippen LogP contribution in [-0.4, -0.2) is 9.55 Å². The highest BCUT2D eigenvalue weighted by Crippen LogP contribution is 1.99. The molecule has 2 heteroatoms. The Bertz CT molecular complexity index is 142. The molecule has 0 aromatic carbocycles. The number of nitrogens with zero attached hydrogens (tertiary/aromatic N) is 2. The lowest BCUT2D eigenvalue weighted by Gasteiger charge is -2.02. The summed E-state index contributed by atoms with van der Waals surface area (Å²) >= 11 is 0. The lowest BCUT2D eigenvalue weighted by Crippen LogP contribution is -1.95. The molecule has 0 saturated carbocycles. The highest BCUT2D eigenvalue weighted by atomic mass is 15.0. The van der Waals surface area contributed by atoms with Crippen molar-refractivity contribution in [2.24, 2.45) is 0 Å². The van der Waals surface area contributed by atoms with Crippen LogP contribution in [0.15, 0.2) is 18.7 Å². The molecule has 1 aromatic rings. The minimum atomic E-state index is 0. The monoisotopic (exact) mass is 142 g/mol. The molecule has 0 unspecified atom stereocenters. The Morgan fingerprint density at radius 1 is 1.30 bits per heavy atom. The van der Waals surface area contributed by atoms with E-state index < -0.39 is 0 Å². The molecule has 0 saturated heterocycles. The molecule has 60 valence electrons. The van der Waals surface area contributed by atoms with Crippen LogP contribution in [0.4, 0.5) is 0 Å². The van der Waals surface area contributed by atoms with Crippen LogP contribution in [0.25, 0.3) is 0 Å². The first-order chi connectivity index (χ1) is 3.80. The summed E-state index contributed by atoms with van der Waals surface area (Å²) in [6, 6.07) is 0.539. The molecule has 0 atom stereocenters. The van der Waals surface area contributed by atoms with Crippen LogP contribution in [0.1, 0.15) is 34.7 Å². The molecule has 0 N–H and O–H groups in total. The molecular formula is C8H18N2. The Kier molecular flexibility index (Phi) is 6.01. The molecule has 10 heavy (non-hydrogen) atoms.